The van der Waals surface area contributed by atoms with Crippen LogP contribution in [0.15, 0.2) is 25.3 Å². The van der Waals surface area contributed by atoms with E-state index in [0.29, 0.717) is 13.0 Å². The summed E-state index contributed by atoms with van der Waals surface area (Å²) in [7, 11) is 0. The Morgan fingerprint density at radius 3 is 2.32 bits per heavy atom. The maximum absolute atomic E-state index is 12.7. The Morgan fingerprint density at radius 2 is 1.84 bits per heavy atom. The number of hydrogen-bond acceptors (Lipinski definition) is 5. The summed E-state index contributed by atoms with van der Waals surface area (Å²) in [5, 5.41) is 2.53. The van der Waals surface area contributed by atoms with Crippen LogP contribution in [-0.2, 0) is 19.1 Å². The van der Waals surface area contributed by atoms with Gasteiger partial charge in [-0.15, -0.1) is 13.2 Å². The third-order valence-electron chi connectivity index (χ3n) is 2.93. The van der Waals surface area contributed by atoms with E-state index >= 15 is 0 Å². The number of nitrogens with one attached hydrogen (secondary N) is 1. The Hall–Kier alpha value is -2.31. The van der Waals surface area contributed by atoms with E-state index in [-0.39, 0.29) is 19.6 Å². The average Bonchev–Trinajstić information content (AvgIpc) is 2.48. The quantitative estimate of drug-likeness (QED) is 0.481. The lowest BCUT2D eigenvalue weighted by Gasteiger charge is -2.27. The highest BCUT2D eigenvalue weighted by Gasteiger charge is 2.28. The number of nitrogens with zero attached hydrogens (tertiary/aromatic N) is 1. The number of ether oxygens (including phenoxy) is 2. The van der Waals surface area contributed by atoms with Gasteiger partial charge in [0.1, 0.15) is 18.2 Å². The van der Waals surface area contributed by atoms with Gasteiger partial charge in [0, 0.05) is 6.54 Å². The molecule has 0 saturated heterocycles. The zero-order valence-corrected chi connectivity index (χ0v) is 15.7. The fourth-order valence-electron chi connectivity index (χ4n) is 1.94. The van der Waals surface area contributed by atoms with Gasteiger partial charge in [0.2, 0.25) is 5.91 Å². The summed E-state index contributed by atoms with van der Waals surface area (Å²) in [6, 6.07) is -0.869. The van der Waals surface area contributed by atoms with Gasteiger partial charge in [0.25, 0.3) is 0 Å². The minimum atomic E-state index is -0.869. The first kappa shape index (κ1) is 22.7. The van der Waals surface area contributed by atoms with Crippen molar-refractivity contribution in [1.29, 1.82) is 0 Å². The standard InChI is InChI=1S/C18H30N2O5/c1-7-10-12-20(13-15(21)24-9-3)16(22)14(11-8-2)19-17(23)25-18(4,5)6/h7-8,14H,1-2,9-13H2,3-6H3,(H,19,23)/t14-/m0/s1. The van der Waals surface area contributed by atoms with Crippen LogP contribution in [0.1, 0.15) is 40.5 Å². The molecule has 0 aromatic heterocycles. The number of hydrogen-bond donors (Lipinski definition) is 1. The zero-order chi connectivity index (χ0) is 19.5. The average molecular weight is 354 g/mol. The number of rotatable bonds is 10. The maximum atomic E-state index is 12.7. The first-order valence-electron chi connectivity index (χ1n) is 8.30. The molecule has 7 nitrogen and oxygen atoms in total. The van der Waals surface area contributed by atoms with Crippen LogP contribution in [0.25, 0.3) is 0 Å². The highest BCUT2D eigenvalue weighted by Crippen LogP contribution is 2.09. The van der Waals surface area contributed by atoms with Gasteiger partial charge in [-0.25, -0.2) is 4.79 Å². The molecule has 0 heterocycles. The third kappa shape index (κ3) is 10.2. The predicted molar refractivity (Wildman–Crippen MR) is 96.0 cm³/mol. The Bertz CT molecular complexity index is 482. The molecule has 0 fully saturated rings. The van der Waals surface area contributed by atoms with E-state index < -0.39 is 29.6 Å². The molecule has 1 N–H and O–H groups in total. The molecular formula is C18H30N2O5. The van der Waals surface area contributed by atoms with Gasteiger partial charge in [-0.2, -0.15) is 0 Å². The molecule has 0 rings (SSSR count). The van der Waals surface area contributed by atoms with Crippen molar-refractivity contribution < 1.29 is 23.9 Å². The molecule has 0 unspecified atom stereocenters. The topological polar surface area (TPSA) is 84.9 Å². The number of carbonyl (C=O) groups is 3. The maximum Gasteiger partial charge on any atom is 0.408 e. The lowest BCUT2D eigenvalue weighted by molar-refractivity contribution is -0.149. The summed E-state index contributed by atoms with van der Waals surface area (Å²) in [4.78, 5) is 37.8. The van der Waals surface area contributed by atoms with Crippen molar-refractivity contribution in [2.24, 2.45) is 0 Å². The molecule has 1 atom stereocenters. The molecular weight excluding hydrogens is 324 g/mol. The molecule has 142 valence electrons. The second kappa shape index (κ2) is 11.3. The Kier molecular flexibility index (Phi) is 10.2. The molecule has 7 heteroatoms. The van der Waals surface area contributed by atoms with Crippen molar-refractivity contribution in [2.75, 3.05) is 19.7 Å². The van der Waals surface area contributed by atoms with Gasteiger partial charge in [-0.3, -0.25) is 9.59 Å². The van der Waals surface area contributed by atoms with Gasteiger partial charge in [0.05, 0.1) is 6.61 Å². The first-order valence-corrected chi connectivity index (χ1v) is 8.30. The minimum Gasteiger partial charge on any atom is -0.465 e. The Morgan fingerprint density at radius 1 is 1.20 bits per heavy atom. The smallest absolute Gasteiger partial charge is 0.408 e. The monoisotopic (exact) mass is 354 g/mol. The molecule has 0 aromatic carbocycles. The molecule has 0 bridgehead atoms. The third-order valence-corrected chi connectivity index (χ3v) is 2.93. The number of amides is 2. The number of carbonyl (C=O) groups excluding carboxylic acids is 3. The molecule has 0 aliphatic carbocycles. The van der Waals surface area contributed by atoms with Crippen molar-refractivity contribution in [3.05, 3.63) is 25.3 Å². The fourth-order valence-corrected chi connectivity index (χ4v) is 1.94. The van der Waals surface area contributed by atoms with E-state index in [0.717, 1.165) is 0 Å². The Labute approximate surface area is 150 Å². The highest BCUT2D eigenvalue weighted by molar-refractivity contribution is 5.88. The molecule has 0 aromatic rings. The summed E-state index contributed by atoms with van der Waals surface area (Å²) in [6.07, 6.45) is 3.20. The summed E-state index contributed by atoms with van der Waals surface area (Å²) >= 11 is 0. The predicted octanol–water partition coefficient (Wildman–Crippen LogP) is 2.42. The van der Waals surface area contributed by atoms with Gasteiger partial charge in [-0.1, -0.05) is 12.2 Å². The van der Waals surface area contributed by atoms with E-state index in [1.807, 2.05) is 0 Å². The molecule has 0 aliphatic rings. The molecule has 0 saturated carbocycles. The van der Waals surface area contributed by atoms with Gasteiger partial charge in [0.15, 0.2) is 0 Å². The van der Waals surface area contributed by atoms with Crippen LogP contribution in [0.4, 0.5) is 4.79 Å². The van der Waals surface area contributed by atoms with Gasteiger partial charge >= 0.3 is 12.1 Å². The highest BCUT2D eigenvalue weighted by atomic mass is 16.6. The normalized spacial score (nSPS) is 11.8. The van der Waals surface area contributed by atoms with Crippen LogP contribution in [0.3, 0.4) is 0 Å². The SMILES string of the molecule is C=CCCN(CC(=O)OCC)C(=O)[C@H](CC=C)NC(=O)OC(C)(C)C. The Balaban J connectivity index is 5.11. The van der Waals surface area contributed by atoms with Crippen molar-refractivity contribution >= 4 is 18.0 Å². The van der Waals surface area contributed by atoms with Gasteiger partial charge in [-0.05, 0) is 40.5 Å². The van der Waals surface area contributed by atoms with Crippen molar-refractivity contribution in [3.63, 3.8) is 0 Å². The zero-order valence-electron chi connectivity index (χ0n) is 15.7. The van der Waals surface area contributed by atoms with E-state index in [1.54, 1.807) is 33.8 Å². The van der Waals surface area contributed by atoms with E-state index in [1.165, 1.54) is 11.0 Å². The van der Waals surface area contributed by atoms with E-state index in [4.69, 9.17) is 9.47 Å². The molecule has 0 radical (unpaired) electrons. The minimum absolute atomic E-state index is 0.190. The van der Waals surface area contributed by atoms with Crippen LogP contribution in [0.5, 0.6) is 0 Å². The van der Waals surface area contributed by atoms with Crippen molar-refractivity contribution in [2.45, 2.75) is 52.2 Å². The summed E-state index contributed by atoms with van der Waals surface area (Å²) < 4.78 is 10.1. The summed E-state index contributed by atoms with van der Waals surface area (Å²) in [6.45, 7) is 14.4. The van der Waals surface area contributed by atoms with Crippen molar-refractivity contribution in [1.82, 2.24) is 10.2 Å². The lowest BCUT2D eigenvalue weighted by Crippen LogP contribution is -2.51. The first-order chi connectivity index (χ1) is 11.6. The van der Waals surface area contributed by atoms with Gasteiger partial charge < -0.3 is 19.7 Å². The number of esters is 1. The van der Waals surface area contributed by atoms with Crippen LogP contribution in [0.2, 0.25) is 0 Å². The largest absolute Gasteiger partial charge is 0.465 e. The molecule has 25 heavy (non-hydrogen) atoms. The lowest BCUT2D eigenvalue weighted by atomic mass is 10.1. The van der Waals surface area contributed by atoms with E-state index in [2.05, 4.69) is 18.5 Å². The number of alkyl carbamates (subject to hydrolysis) is 1. The van der Waals surface area contributed by atoms with Crippen LogP contribution in [-0.4, -0.2) is 54.2 Å². The second-order valence-corrected chi connectivity index (χ2v) is 6.37. The molecule has 0 spiro atoms. The molecule has 0 aliphatic heterocycles. The van der Waals surface area contributed by atoms with E-state index in [9.17, 15) is 14.4 Å². The second-order valence-electron chi connectivity index (χ2n) is 6.37. The molecule has 2 amide bonds. The fraction of sp³-hybridized carbons (Fsp3) is 0.611. The van der Waals surface area contributed by atoms with Crippen molar-refractivity contribution in [3.8, 4) is 0 Å². The van der Waals surface area contributed by atoms with Crippen LogP contribution >= 0.6 is 0 Å². The van der Waals surface area contributed by atoms with Crippen LogP contribution < -0.4 is 5.32 Å². The summed E-state index contributed by atoms with van der Waals surface area (Å²) in [5.74, 6) is -0.907. The van der Waals surface area contributed by atoms with Crippen LogP contribution in [0, 0.1) is 0 Å². The summed E-state index contributed by atoms with van der Waals surface area (Å²) in [5.41, 5.74) is -0.681.